The fourth-order valence-electron chi connectivity index (χ4n) is 1.79. The van der Waals surface area contributed by atoms with E-state index in [1.165, 1.54) is 30.3 Å². The number of anilines is 2. The Bertz CT molecular complexity index is 809. The number of hydrogen-bond acceptors (Lipinski definition) is 6. The number of nitro groups is 1. The van der Waals surface area contributed by atoms with E-state index in [0.717, 1.165) is 12.1 Å². The summed E-state index contributed by atoms with van der Waals surface area (Å²) in [7, 11) is 0. The standard InChI is InChI=1S/C15H12FN3O5/c16-10-3-1-2-4-12(10)18-14(20)8-24-15(21)9-5-6-11(17)13(7-9)19(22)23/h1-7H,8,17H2,(H,18,20). The zero-order valence-corrected chi connectivity index (χ0v) is 12.2. The minimum atomic E-state index is -0.943. The molecule has 1 amide bonds. The summed E-state index contributed by atoms with van der Waals surface area (Å²) in [6.07, 6.45) is 0. The van der Waals surface area contributed by atoms with E-state index in [2.05, 4.69) is 5.32 Å². The van der Waals surface area contributed by atoms with Crippen LogP contribution >= 0.6 is 0 Å². The van der Waals surface area contributed by atoms with E-state index in [1.807, 2.05) is 0 Å². The highest BCUT2D eigenvalue weighted by molar-refractivity contribution is 5.96. The summed E-state index contributed by atoms with van der Waals surface area (Å²) in [5.41, 5.74) is 4.69. The van der Waals surface area contributed by atoms with Gasteiger partial charge in [-0.15, -0.1) is 0 Å². The normalized spacial score (nSPS) is 10.0. The number of carbonyl (C=O) groups excluding carboxylic acids is 2. The van der Waals surface area contributed by atoms with Gasteiger partial charge in [0, 0.05) is 6.07 Å². The Morgan fingerprint density at radius 3 is 2.62 bits per heavy atom. The Morgan fingerprint density at radius 1 is 1.25 bits per heavy atom. The first-order chi connectivity index (χ1) is 11.4. The summed E-state index contributed by atoms with van der Waals surface area (Å²) in [5.74, 6) is -2.33. The van der Waals surface area contributed by atoms with Crippen molar-refractivity contribution < 1.29 is 23.6 Å². The number of halogens is 1. The number of nitro benzene ring substituents is 1. The SMILES string of the molecule is Nc1ccc(C(=O)OCC(=O)Nc2ccccc2F)cc1[N+](=O)[O-]. The van der Waals surface area contributed by atoms with Gasteiger partial charge in [-0.3, -0.25) is 14.9 Å². The van der Waals surface area contributed by atoms with Crippen LogP contribution in [0.4, 0.5) is 21.5 Å². The highest BCUT2D eigenvalue weighted by Gasteiger charge is 2.17. The minimum absolute atomic E-state index is 0.0540. The molecule has 9 heteroatoms. The van der Waals surface area contributed by atoms with Gasteiger partial charge in [-0.2, -0.15) is 0 Å². The van der Waals surface area contributed by atoms with Gasteiger partial charge < -0.3 is 15.8 Å². The summed E-state index contributed by atoms with van der Waals surface area (Å²) in [6.45, 7) is -0.675. The number of benzene rings is 2. The third kappa shape index (κ3) is 4.03. The van der Waals surface area contributed by atoms with Crippen molar-refractivity contribution in [2.75, 3.05) is 17.7 Å². The van der Waals surface area contributed by atoms with Gasteiger partial charge in [-0.25, -0.2) is 9.18 Å². The maximum absolute atomic E-state index is 13.4. The molecule has 0 saturated carbocycles. The molecule has 2 aromatic rings. The largest absolute Gasteiger partial charge is 0.452 e. The average molecular weight is 333 g/mol. The lowest BCUT2D eigenvalue weighted by Crippen LogP contribution is -2.21. The van der Waals surface area contributed by atoms with Crippen molar-refractivity contribution in [1.29, 1.82) is 0 Å². The van der Waals surface area contributed by atoms with E-state index in [9.17, 15) is 24.1 Å². The van der Waals surface area contributed by atoms with Gasteiger partial charge >= 0.3 is 5.97 Å². The number of nitrogens with two attached hydrogens (primary N) is 1. The second-order valence-electron chi connectivity index (χ2n) is 4.63. The number of amides is 1. The monoisotopic (exact) mass is 333 g/mol. The van der Waals surface area contributed by atoms with E-state index in [0.29, 0.717) is 0 Å². The maximum Gasteiger partial charge on any atom is 0.338 e. The highest BCUT2D eigenvalue weighted by Crippen LogP contribution is 2.22. The van der Waals surface area contributed by atoms with Crippen molar-refractivity contribution in [2.45, 2.75) is 0 Å². The molecular weight excluding hydrogens is 321 g/mol. The molecule has 8 nitrogen and oxygen atoms in total. The van der Waals surface area contributed by atoms with Crippen LogP contribution in [0, 0.1) is 15.9 Å². The maximum atomic E-state index is 13.4. The molecule has 0 aliphatic carbocycles. The molecule has 0 heterocycles. The Labute approximate surface area is 135 Å². The molecule has 124 valence electrons. The first-order valence-electron chi connectivity index (χ1n) is 6.64. The third-order valence-electron chi connectivity index (χ3n) is 2.95. The lowest BCUT2D eigenvalue weighted by Gasteiger charge is -2.07. The van der Waals surface area contributed by atoms with Crippen LogP contribution in [0.2, 0.25) is 0 Å². The van der Waals surface area contributed by atoms with Crippen molar-refractivity contribution >= 4 is 28.9 Å². The van der Waals surface area contributed by atoms with E-state index < -0.39 is 34.9 Å². The van der Waals surface area contributed by atoms with Crippen molar-refractivity contribution in [2.24, 2.45) is 0 Å². The number of rotatable bonds is 5. The van der Waals surface area contributed by atoms with Gasteiger partial charge in [0.2, 0.25) is 0 Å². The van der Waals surface area contributed by atoms with Crippen LogP contribution < -0.4 is 11.1 Å². The summed E-state index contributed by atoms with van der Waals surface area (Å²) in [6, 6.07) is 8.87. The molecule has 0 atom stereocenters. The molecule has 0 aliphatic rings. The van der Waals surface area contributed by atoms with Crippen LogP contribution in [0.25, 0.3) is 0 Å². The molecule has 0 aliphatic heterocycles. The molecule has 2 rings (SSSR count). The van der Waals surface area contributed by atoms with E-state index in [1.54, 1.807) is 0 Å². The number of para-hydroxylation sites is 1. The Morgan fingerprint density at radius 2 is 1.96 bits per heavy atom. The van der Waals surface area contributed by atoms with Gasteiger partial charge in [0.25, 0.3) is 11.6 Å². The number of nitrogens with zero attached hydrogens (tertiary/aromatic N) is 1. The van der Waals surface area contributed by atoms with Gasteiger partial charge in [0.1, 0.15) is 11.5 Å². The number of esters is 1. The van der Waals surface area contributed by atoms with E-state index >= 15 is 0 Å². The fraction of sp³-hybridized carbons (Fsp3) is 0.0667. The molecule has 3 N–H and O–H groups in total. The van der Waals surface area contributed by atoms with Gasteiger partial charge in [-0.1, -0.05) is 12.1 Å². The van der Waals surface area contributed by atoms with E-state index in [4.69, 9.17) is 10.5 Å². The molecule has 0 saturated heterocycles. The predicted molar refractivity (Wildman–Crippen MR) is 82.8 cm³/mol. The van der Waals surface area contributed by atoms with Crippen LogP contribution in [-0.4, -0.2) is 23.4 Å². The number of nitrogen functional groups attached to an aromatic ring is 1. The van der Waals surface area contributed by atoms with Gasteiger partial charge in [0.15, 0.2) is 6.61 Å². The van der Waals surface area contributed by atoms with Crippen molar-refractivity contribution in [3.63, 3.8) is 0 Å². The molecule has 2 aromatic carbocycles. The minimum Gasteiger partial charge on any atom is -0.452 e. The van der Waals surface area contributed by atoms with Crippen LogP contribution in [0.3, 0.4) is 0 Å². The second kappa shape index (κ2) is 7.18. The summed E-state index contributed by atoms with van der Waals surface area (Å²) < 4.78 is 18.1. The van der Waals surface area contributed by atoms with Gasteiger partial charge in [0.05, 0.1) is 16.2 Å². The molecule has 24 heavy (non-hydrogen) atoms. The van der Waals surface area contributed by atoms with E-state index in [-0.39, 0.29) is 16.9 Å². The Hall–Kier alpha value is -3.49. The van der Waals surface area contributed by atoms with Gasteiger partial charge in [-0.05, 0) is 24.3 Å². The Balaban J connectivity index is 1.98. The zero-order chi connectivity index (χ0) is 17.7. The lowest BCUT2D eigenvalue weighted by atomic mass is 10.2. The molecule has 0 aromatic heterocycles. The quantitative estimate of drug-likeness (QED) is 0.374. The van der Waals surface area contributed by atoms with Crippen molar-refractivity contribution in [3.05, 3.63) is 64.0 Å². The summed E-state index contributed by atoms with van der Waals surface area (Å²) in [4.78, 5) is 33.5. The predicted octanol–water partition coefficient (Wildman–Crippen LogP) is 2.11. The van der Waals surface area contributed by atoms with Crippen LogP contribution in [-0.2, 0) is 9.53 Å². The topological polar surface area (TPSA) is 125 Å². The molecular formula is C15H12FN3O5. The summed E-state index contributed by atoms with van der Waals surface area (Å²) >= 11 is 0. The second-order valence-corrected chi connectivity index (χ2v) is 4.63. The zero-order valence-electron chi connectivity index (χ0n) is 12.2. The number of hydrogen-bond donors (Lipinski definition) is 2. The Kier molecular flexibility index (Phi) is 5.05. The molecule has 0 spiro atoms. The van der Waals surface area contributed by atoms with Crippen molar-refractivity contribution in [3.8, 4) is 0 Å². The number of ether oxygens (including phenoxy) is 1. The smallest absolute Gasteiger partial charge is 0.338 e. The summed E-state index contributed by atoms with van der Waals surface area (Å²) in [5, 5.41) is 13.0. The lowest BCUT2D eigenvalue weighted by molar-refractivity contribution is -0.383. The third-order valence-corrected chi connectivity index (χ3v) is 2.95. The number of nitrogens with one attached hydrogen (secondary N) is 1. The molecule has 0 bridgehead atoms. The average Bonchev–Trinajstić information content (AvgIpc) is 2.55. The molecule has 0 fully saturated rings. The van der Waals surface area contributed by atoms with Crippen LogP contribution in [0.1, 0.15) is 10.4 Å². The highest BCUT2D eigenvalue weighted by atomic mass is 19.1. The fourth-order valence-corrected chi connectivity index (χ4v) is 1.79. The first-order valence-corrected chi connectivity index (χ1v) is 6.64. The first kappa shape index (κ1) is 16.9. The van der Waals surface area contributed by atoms with Crippen LogP contribution in [0.5, 0.6) is 0 Å². The van der Waals surface area contributed by atoms with Crippen LogP contribution in [0.15, 0.2) is 42.5 Å². The molecule has 0 radical (unpaired) electrons. The number of carbonyl (C=O) groups is 2. The molecule has 0 unspecified atom stereocenters. The van der Waals surface area contributed by atoms with Crippen molar-refractivity contribution in [1.82, 2.24) is 0 Å².